The highest BCUT2D eigenvalue weighted by Gasteiger charge is 2.43. The second-order valence-corrected chi connectivity index (χ2v) is 18.4. The average molecular weight is 877 g/mol. The molecule has 4 aromatic heterocycles. The van der Waals surface area contributed by atoms with Gasteiger partial charge in [-0.05, 0) is 101 Å². The number of pyridine rings is 3. The number of aryl methyl sites for hydroxylation is 3. The normalized spacial score (nSPS) is 13.4. The minimum Gasteiger partial charge on any atom is -0.455 e. The molecule has 67 heavy (non-hydrogen) atoms. The Bertz CT molecular complexity index is 3360. The highest BCUT2D eigenvalue weighted by molar-refractivity contribution is 6.11. The predicted molar refractivity (Wildman–Crippen MR) is 270 cm³/mol. The largest absolute Gasteiger partial charge is 0.455 e. The van der Waals surface area contributed by atoms with Crippen molar-refractivity contribution in [2.75, 3.05) is 7.11 Å². The Balaban J connectivity index is 1.19. The molecule has 2 atom stereocenters. The maximum Gasteiger partial charge on any atom is 0.218 e. The van der Waals surface area contributed by atoms with E-state index < -0.39 is 5.60 Å². The van der Waals surface area contributed by atoms with Crippen molar-refractivity contribution in [2.24, 2.45) is 21.1 Å². The van der Waals surface area contributed by atoms with Gasteiger partial charge in [-0.3, -0.25) is 0 Å². The lowest BCUT2D eigenvalue weighted by molar-refractivity contribution is -0.685. The van der Waals surface area contributed by atoms with Crippen LogP contribution in [0.4, 0.5) is 0 Å². The lowest BCUT2D eigenvalue weighted by Gasteiger charge is -2.32. The molecule has 0 saturated carbocycles. The molecule has 6 aromatic carbocycles. The molecule has 0 N–H and O–H groups in total. The zero-order chi connectivity index (χ0) is 46.3. The van der Waals surface area contributed by atoms with Crippen molar-refractivity contribution in [3.63, 3.8) is 0 Å². The van der Waals surface area contributed by atoms with E-state index in [1.807, 2.05) is 7.11 Å². The topological polar surface area (TPSA) is 34.0 Å². The molecular weight excluding hydrogens is 819 g/mol. The summed E-state index contributed by atoms with van der Waals surface area (Å²) in [5.41, 5.74) is 16.9. The van der Waals surface area contributed by atoms with Gasteiger partial charge in [0, 0.05) is 60.7 Å². The van der Waals surface area contributed by atoms with Crippen LogP contribution in [0, 0.1) is 13.8 Å². The van der Waals surface area contributed by atoms with Crippen molar-refractivity contribution < 1.29 is 22.9 Å². The van der Waals surface area contributed by atoms with Gasteiger partial charge in [0.1, 0.15) is 32.3 Å². The Morgan fingerprint density at radius 2 is 1.13 bits per heavy atom. The van der Waals surface area contributed by atoms with Gasteiger partial charge in [-0.1, -0.05) is 121 Å². The summed E-state index contributed by atoms with van der Waals surface area (Å²) in [4.78, 5) is 0. The minimum absolute atomic E-state index is 0.337. The molecular formula is C62H58N3O2+3. The number of aromatic nitrogens is 3. The van der Waals surface area contributed by atoms with Crippen molar-refractivity contribution in [1.29, 1.82) is 0 Å². The molecule has 10 rings (SSSR count). The summed E-state index contributed by atoms with van der Waals surface area (Å²) < 4.78 is 21.0. The molecule has 4 heterocycles. The standard InChI is InChI=1S/C62H58N3O2/c1-43-21-14-15-27-54(43)61(3,57-29-16-18-37-63(57)4)42-51-26-20-28-55(65(51)6)59-44(2)49(39-53-52-36-33-48(40-56(52)67-60(53)59)46-24-12-9-13-25-46)41-62(66-7,58-30-17-19-38-64(58)5)50-34-31-47(32-35-50)45-22-10-8-11-23-45/h8-40H,41-42H2,1-7H3/q+3. The van der Waals surface area contributed by atoms with Crippen molar-refractivity contribution in [3.05, 3.63) is 245 Å². The zero-order valence-corrected chi connectivity index (χ0v) is 39.6. The molecule has 0 bridgehead atoms. The van der Waals surface area contributed by atoms with Crippen LogP contribution in [-0.2, 0) is 49.7 Å². The van der Waals surface area contributed by atoms with Gasteiger partial charge in [0.2, 0.25) is 11.4 Å². The molecule has 0 spiro atoms. The van der Waals surface area contributed by atoms with E-state index in [0.29, 0.717) is 6.42 Å². The van der Waals surface area contributed by atoms with Gasteiger partial charge in [-0.15, -0.1) is 0 Å². The zero-order valence-electron chi connectivity index (χ0n) is 39.6. The van der Waals surface area contributed by atoms with E-state index in [1.165, 1.54) is 39.2 Å². The van der Waals surface area contributed by atoms with Gasteiger partial charge >= 0.3 is 0 Å². The van der Waals surface area contributed by atoms with Crippen molar-refractivity contribution >= 4 is 21.9 Å². The summed E-state index contributed by atoms with van der Waals surface area (Å²) in [5, 5.41) is 2.17. The first-order valence-corrected chi connectivity index (χ1v) is 23.3. The third-order valence-corrected chi connectivity index (χ3v) is 14.4. The van der Waals surface area contributed by atoms with Crippen molar-refractivity contribution in [2.45, 2.75) is 44.6 Å². The van der Waals surface area contributed by atoms with E-state index >= 15 is 0 Å². The highest BCUT2D eigenvalue weighted by atomic mass is 16.5. The summed E-state index contributed by atoms with van der Waals surface area (Å²) in [5.74, 6) is 0. The van der Waals surface area contributed by atoms with Gasteiger partial charge in [0.05, 0.1) is 17.4 Å². The Kier molecular flexibility index (Phi) is 11.5. The fraction of sp³-hybridized carbons (Fsp3) is 0.177. The van der Waals surface area contributed by atoms with E-state index in [0.717, 1.165) is 67.6 Å². The van der Waals surface area contributed by atoms with E-state index in [2.05, 4.69) is 256 Å². The first-order valence-electron chi connectivity index (χ1n) is 23.3. The molecule has 0 aliphatic carbocycles. The molecule has 0 saturated heterocycles. The maximum absolute atomic E-state index is 7.15. The number of fused-ring (bicyclic) bond motifs is 3. The molecule has 5 nitrogen and oxygen atoms in total. The Morgan fingerprint density at radius 1 is 0.537 bits per heavy atom. The van der Waals surface area contributed by atoms with Crippen molar-refractivity contribution in [1.82, 2.24) is 0 Å². The number of hydrogen-bond donors (Lipinski definition) is 0. The third-order valence-electron chi connectivity index (χ3n) is 14.4. The van der Waals surface area contributed by atoms with Crippen LogP contribution >= 0.6 is 0 Å². The summed E-state index contributed by atoms with van der Waals surface area (Å²) in [6, 6.07) is 67.6. The molecule has 0 aliphatic rings. The number of methoxy groups -OCH3 is 1. The van der Waals surface area contributed by atoms with E-state index in [9.17, 15) is 0 Å². The highest BCUT2D eigenvalue weighted by Crippen LogP contribution is 2.44. The van der Waals surface area contributed by atoms with Crippen LogP contribution in [0.2, 0.25) is 0 Å². The van der Waals surface area contributed by atoms with Gasteiger partial charge in [0.25, 0.3) is 0 Å². The van der Waals surface area contributed by atoms with E-state index in [-0.39, 0.29) is 5.41 Å². The molecule has 2 unspecified atom stereocenters. The van der Waals surface area contributed by atoms with Gasteiger partial charge in [-0.2, -0.15) is 4.57 Å². The smallest absolute Gasteiger partial charge is 0.218 e. The van der Waals surface area contributed by atoms with Crippen LogP contribution in [0.3, 0.4) is 0 Å². The van der Waals surface area contributed by atoms with Gasteiger partial charge in [-0.25, -0.2) is 9.13 Å². The summed E-state index contributed by atoms with van der Waals surface area (Å²) in [6.07, 6.45) is 5.63. The lowest BCUT2D eigenvalue weighted by atomic mass is 9.73. The SMILES string of the molecule is COC(Cc1cc2c(oc3cc(-c4ccccc4)ccc32)c(-c2cccc(CC(C)(c3ccccc3C)c3cccc[n+]3C)[n+]2C)c1C)(c1ccc(-c2ccccc2)cc1)c1cccc[n+]1C. The molecule has 0 radical (unpaired) electrons. The fourth-order valence-electron chi connectivity index (χ4n) is 10.8. The van der Waals surface area contributed by atoms with Crippen LogP contribution in [0.5, 0.6) is 0 Å². The quantitative estimate of drug-likeness (QED) is 0.115. The first kappa shape index (κ1) is 43.4. The number of furan rings is 1. The number of rotatable bonds is 12. The van der Waals surface area contributed by atoms with Crippen LogP contribution < -0.4 is 13.7 Å². The molecule has 0 amide bonds. The third kappa shape index (κ3) is 7.73. The number of nitrogens with zero attached hydrogens (tertiary/aromatic N) is 3. The molecule has 0 fully saturated rings. The second kappa shape index (κ2) is 17.7. The van der Waals surface area contributed by atoms with Crippen LogP contribution in [0.15, 0.2) is 205 Å². The molecule has 5 heteroatoms. The Morgan fingerprint density at radius 3 is 1.79 bits per heavy atom. The summed E-state index contributed by atoms with van der Waals surface area (Å²) >= 11 is 0. The van der Waals surface area contributed by atoms with Crippen LogP contribution in [0.25, 0.3) is 55.4 Å². The minimum atomic E-state index is -0.842. The van der Waals surface area contributed by atoms with Gasteiger partial charge in [0.15, 0.2) is 29.4 Å². The molecule has 10 aromatic rings. The summed E-state index contributed by atoms with van der Waals surface area (Å²) in [6.45, 7) is 6.90. The molecule has 0 aliphatic heterocycles. The fourth-order valence-corrected chi connectivity index (χ4v) is 10.8. The van der Waals surface area contributed by atoms with Gasteiger partial charge < -0.3 is 9.15 Å². The second-order valence-electron chi connectivity index (χ2n) is 18.4. The number of hydrogen-bond acceptors (Lipinski definition) is 2. The Hall–Kier alpha value is -7.47. The molecule has 330 valence electrons. The first-order chi connectivity index (χ1) is 32.6. The number of ether oxygens (including phenoxy) is 1. The van der Waals surface area contributed by atoms with Crippen molar-refractivity contribution in [3.8, 4) is 33.5 Å². The van der Waals surface area contributed by atoms with Crippen LogP contribution in [0.1, 0.15) is 51.8 Å². The monoisotopic (exact) mass is 876 g/mol. The lowest BCUT2D eigenvalue weighted by Crippen LogP contribution is -2.46. The predicted octanol–water partition coefficient (Wildman–Crippen LogP) is 12.4. The average Bonchev–Trinajstić information content (AvgIpc) is 3.72. The maximum atomic E-state index is 7.15. The summed E-state index contributed by atoms with van der Waals surface area (Å²) in [7, 11) is 8.35. The van der Waals surface area contributed by atoms with E-state index in [1.54, 1.807) is 0 Å². The van der Waals surface area contributed by atoms with E-state index in [4.69, 9.17) is 9.15 Å². The van der Waals surface area contributed by atoms with Crippen LogP contribution in [-0.4, -0.2) is 7.11 Å². The number of benzene rings is 6. The Labute approximate surface area is 394 Å².